The monoisotopic (exact) mass is 364 g/mol. The summed E-state index contributed by atoms with van der Waals surface area (Å²) >= 11 is 11.9. The van der Waals surface area contributed by atoms with Crippen molar-refractivity contribution in [3.05, 3.63) is 58.1 Å². The van der Waals surface area contributed by atoms with E-state index in [0.29, 0.717) is 21.4 Å². The SMILES string of the molecule is CC(=O)N(CCC(=O)Nc1ccc(Cl)cc1)c1ccc(C)c(Cl)c1. The number of amides is 2. The van der Waals surface area contributed by atoms with Gasteiger partial charge in [0, 0.05) is 41.3 Å². The van der Waals surface area contributed by atoms with Crippen LogP contribution in [0.15, 0.2) is 42.5 Å². The van der Waals surface area contributed by atoms with Crippen molar-refractivity contribution in [1.29, 1.82) is 0 Å². The molecule has 6 heteroatoms. The van der Waals surface area contributed by atoms with Crippen molar-refractivity contribution in [2.75, 3.05) is 16.8 Å². The van der Waals surface area contributed by atoms with Crippen LogP contribution in [0.2, 0.25) is 10.0 Å². The molecule has 2 rings (SSSR count). The number of anilines is 2. The van der Waals surface area contributed by atoms with E-state index in [2.05, 4.69) is 5.32 Å². The largest absolute Gasteiger partial charge is 0.326 e. The van der Waals surface area contributed by atoms with Gasteiger partial charge in [-0.15, -0.1) is 0 Å². The highest BCUT2D eigenvalue weighted by atomic mass is 35.5. The van der Waals surface area contributed by atoms with Gasteiger partial charge in [-0.05, 0) is 48.9 Å². The van der Waals surface area contributed by atoms with E-state index in [9.17, 15) is 9.59 Å². The standard InChI is InChI=1S/C18H18Cl2N2O2/c1-12-3-8-16(11-17(12)20)22(13(2)23)10-9-18(24)21-15-6-4-14(19)5-7-15/h3-8,11H,9-10H2,1-2H3,(H,21,24). The maximum absolute atomic E-state index is 12.1. The summed E-state index contributed by atoms with van der Waals surface area (Å²) in [5.41, 5.74) is 2.28. The predicted molar refractivity (Wildman–Crippen MR) is 98.9 cm³/mol. The molecule has 0 aliphatic carbocycles. The number of aryl methyl sites for hydroxylation is 1. The lowest BCUT2D eigenvalue weighted by molar-refractivity contribution is -0.117. The summed E-state index contributed by atoms with van der Waals surface area (Å²) in [7, 11) is 0. The van der Waals surface area contributed by atoms with E-state index in [1.165, 1.54) is 11.8 Å². The Morgan fingerprint density at radius 1 is 1.08 bits per heavy atom. The Morgan fingerprint density at radius 3 is 2.33 bits per heavy atom. The first kappa shape index (κ1) is 18.3. The topological polar surface area (TPSA) is 49.4 Å². The van der Waals surface area contributed by atoms with Crippen molar-refractivity contribution < 1.29 is 9.59 Å². The van der Waals surface area contributed by atoms with Gasteiger partial charge in [0.25, 0.3) is 0 Å². The molecule has 126 valence electrons. The number of nitrogens with zero attached hydrogens (tertiary/aromatic N) is 1. The van der Waals surface area contributed by atoms with Gasteiger partial charge >= 0.3 is 0 Å². The van der Waals surface area contributed by atoms with Gasteiger partial charge in [0.05, 0.1) is 0 Å². The van der Waals surface area contributed by atoms with Gasteiger partial charge in [0.2, 0.25) is 11.8 Å². The number of rotatable bonds is 5. The second-order valence-corrected chi connectivity index (χ2v) is 6.25. The first-order valence-electron chi connectivity index (χ1n) is 7.46. The quantitative estimate of drug-likeness (QED) is 0.836. The van der Waals surface area contributed by atoms with E-state index in [1.54, 1.807) is 30.3 Å². The molecule has 0 unspecified atom stereocenters. The zero-order chi connectivity index (χ0) is 17.7. The van der Waals surface area contributed by atoms with Gasteiger partial charge in [-0.1, -0.05) is 29.3 Å². The third-order valence-electron chi connectivity index (χ3n) is 3.54. The molecule has 0 bridgehead atoms. The van der Waals surface area contributed by atoms with Crippen LogP contribution in [-0.2, 0) is 9.59 Å². The van der Waals surface area contributed by atoms with Crippen molar-refractivity contribution in [3.63, 3.8) is 0 Å². The molecule has 0 saturated heterocycles. The average molecular weight is 365 g/mol. The van der Waals surface area contributed by atoms with E-state index < -0.39 is 0 Å². The molecule has 1 N–H and O–H groups in total. The number of halogens is 2. The summed E-state index contributed by atoms with van der Waals surface area (Å²) in [6, 6.07) is 12.3. The normalized spacial score (nSPS) is 10.3. The Bertz CT molecular complexity index is 745. The minimum Gasteiger partial charge on any atom is -0.326 e. The van der Waals surface area contributed by atoms with E-state index in [1.807, 2.05) is 19.1 Å². The Morgan fingerprint density at radius 2 is 1.75 bits per heavy atom. The lowest BCUT2D eigenvalue weighted by Crippen LogP contribution is -2.32. The third-order valence-corrected chi connectivity index (χ3v) is 4.20. The van der Waals surface area contributed by atoms with Gasteiger partial charge < -0.3 is 10.2 Å². The van der Waals surface area contributed by atoms with Gasteiger partial charge in [0.1, 0.15) is 0 Å². The molecular weight excluding hydrogens is 347 g/mol. The van der Waals surface area contributed by atoms with Crippen molar-refractivity contribution >= 4 is 46.4 Å². The van der Waals surface area contributed by atoms with Gasteiger partial charge in [-0.2, -0.15) is 0 Å². The van der Waals surface area contributed by atoms with Gasteiger partial charge in [0.15, 0.2) is 0 Å². The first-order chi connectivity index (χ1) is 11.4. The molecule has 2 amide bonds. The summed E-state index contributed by atoms with van der Waals surface area (Å²) < 4.78 is 0. The fourth-order valence-corrected chi connectivity index (χ4v) is 2.49. The van der Waals surface area contributed by atoms with Crippen molar-refractivity contribution in [2.45, 2.75) is 20.3 Å². The van der Waals surface area contributed by atoms with Crippen molar-refractivity contribution in [3.8, 4) is 0 Å². The van der Waals surface area contributed by atoms with E-state index in [0.717, 1.165) is 5.56 Å². The van der Waals surface area contributed by atoms with Crippen LogP contribution < -0.4 is 10.2 Å². The van der Waals surface area contributed by atoms with Crippen LogP contribution in [0, 0.1) is 6.92 Å². The summed E-state index contributed by atoms with van der Waals surface area (Å²) in [4.78, 5) is 25.5. The first-order valence-corrected chi connectivity index (χ1v) is 8.22. The average Bonchev–Trinajstić information content (AvgIpc) is 2.53. The minimum atomic E-state index is -0.179. The molecule has 0 fully saturated rings. The molecule has 0 radical (unpaired) electrons. The molecule has 0 heterocycles. The Labute approximate surface area is 151 Å². The van der Waals surface area contributed by atoms with Crippen LogP contribution >= 0.6 is 23.2 Å². The number of benzene rings is 2. The van der Waals surface area contributed by atoms with Crippen LogP contribution in [-0.4, -0.2) is 18.4 Å². The van der Waals surface area contributed by atoms with E-state index in [-0.39, 0.29) is 24.8 Å². The zero-order valence-electron chi connectivity index (χ0n) is 13.5. The maximum atomic E-state index is 12.1. The molecule has 0 atom stereocenters. The van der Waals surface area contributed by atoms with Crippen LogP contribution in [0.5, 0.6) is 0 Å². The van der Waals surface area contributed by atoms with Crippen molar-refractivity contribution in [2.24, 2.45) is 0 Å². The second-order valence-electron chi connectivity index (χ2n) is 5.41. The van der Waals surface area contributed by atoms with Crippen molar-refractivity contribution in [1.82, 2.24) is 0 Å². The number of carbonyl (C=O) groups excluding carboxylic acids is 2. The van der Waals surface area contributed by atoms with Crippen LogP contribution in [0.25, 0.3) is 0 Å². The van der Waals surface area contributed by atoms with E-state index in [4.69, 9.17) is 23.2 Å². The molecule has 2 aromatic rings. The zero-order valence-corrected chi connectivity index (χ0v) is 15.0. The second kappa shape index (κ2) is 8.18. The molecule has 4 nitrogen and oxygen atoms in total. The Kier molecular flexibility index (Phi) is 6.23. The van der Waals surface area contributed by atoms with Gasteiger partial charge in [-0.25, -0.2) is 0 Å². The highest BCUT2D eigenvalue weighted by Gasteiger charge is 2.14. The summed E-state index contributed by atoms with van der Waals surface area (Å²) in [6.45, 7) is 3.63. The third kappa shape index (κ3) is 4.98. The van der Waals surface area contributed by atoms with Crippen LogP contribution in [0.4, 0.5) is 11.4 Å². The maximum Gasteiger partial charge on any atom is 0.226 e. The number of hydrogen-bond acceptors (Lipinski definition) is 2. The van der Waals surface area contributed by atoms with Gasteiger partial charge in [-0.3, -0.25) is 9.59 Å². The summed E-state index contributed by atoms with van der Waals surface area (Å²) in [5, 5.41) is 3.96. The molecule has 2 aromatic carbocycles. The molecule has 0 spiro atoms. The van der Waals surface area contributed by atoms with Crippen LogP contribution in [0.1, 0.15) is 18.9 Å². The number of carbonyl (C=O) groups is 2. The molecule has 0 aliphatic rings. The highest BCUT2D eigenvalue weighted by molar-refractivity contribution is 6.31. The molecule has 0 saturated carbocycles. The Balaban J connectivity index is 2.00. The fourth-order valence-electron chi connectivity index (χ4n) is 2.19. The molecule has 0 aromatic heterocycles. The lowest BCUT2D eigenvalue weighted by Gasteiger charge is -2.21. The molecule has 24 heavy (non-hydrogen) atoms. The molecule has 0 aliphatic heterocycles. The fraction of sp³-hybridized carbons (Fsp3) is 0.222. The smallest absolute Gasteiger partial charge is 0.226 e. The number of hydrogen-bond donors (Lipinski definition) is 1. The predicted octanol–water partition coefficient (Wildman–Crippen LogP) is 4.68. The number of nitrogens with one attached hydrogen (secondary N) is 1. The Hall–Kier alpha value is -2.04. The van der Waals surface area contributed by atoms with E-state index >= 15 is 0 Å². The summed E-state index contributed by atoms with van der Waals surface area (Å²) in [6.07, 6.45) is 0.174. The minimum absolute atomic E-state index is 0.144. The summed E-state index contributed by atoms with van der Waals surface area (Å²) in [5.74, 6) is -0.323. The van der Waals surface area contributed by atoms with Crippen LogP contribution in [0.3, 0.4) is 0 Å². The molecular formula is C18H18Cl2N2O2. The lowest BCUT2D eigenvalue weighted by atomic mass is 10.2. The highest BCUT2D eigenvalue weighted by Crippen LogP contribution is 2.23.